The fourth-order valence-electron chi connectivity index (χ4n) is 1.80. The van der Waals surface area contributed by atoms with Crippen molar-refractivity contribution in [2.24, 2.45) is 0 Å². The molecule has 0 aliphatic heterocycles. The Bertz CT molecular complexity index is 325. The third-order valence-electron chi connectivity index (χ3n) is 3.12. The lowest BCUT2D eigenvalue weighted by Gasteiger charge is -2.17. The predicted molar refractivity (Wildman–Crippen MR) is 73.0 cm³/mol. The highest BCUT2D eigenvalue weighted by Crippen LogP contribution is 2.18. The van der Waals surface area contributed by atoms with Crippen LogP contribution in [-0.4, -0.2) is 31.9 Å². The fraction of sp³-hybridized carbons (Fsp3) is 0.600. The molecule has 18 heavy (non-hydrogen) atoms. The second-order valence-corrected chi connectivity index (χ2v) is 4.75. The maximum Gasteiger partial charge on any atom is 0.119 e. The van der Waals surface area contributed by atoms with Crippen molar-refractivity contribution in [1.29, 1.82) is 0 Å². The SMILES string of the molecule is CCC(CNC1CC1)OCCOc1ccccc1. The fourth-order valence-corrected chi connectivity index (χ4v) is 1.80. The second-order valence-electron chi connectivity index (χ2n) is 4.75. The maximum atomic E-state index is 5.80. The van der Waals surface area contributed by atoms with E-state index in [1.165, 1.54) is 12.8 Å². The van der Waals surface area contributed by atoms with Crippen LogP contribution >= 0.6 is 0 Å². The highest BCUT2D eigenvalue weighted by Gasteiger charge is 2.21. The van der Waals surface area contributed by atoms with Gasteiger partial charge in [-0.15, -0.1) is 0 Å². The molecule has 0 saturated heterocycles. The van der Waals surface area contributed by atoms with E-state index in [0.717, 1.165) is 24.8 Å². The molecule has 100 valence electrons. The van der Waals surface area contributed by atoms with Crippen molar-refractivity contribution < 1.29 is 9.47 Å². The van der Waals surface area contributed by atoms with Gasteiger partial charge < -0.3 is 14.8 Å². The number of rotatable bonds is 9. The van der Waals surface area contributed by atoms with E-state index in [2.05, 4.69) is 12.2 Å². The van der Waals surface area contributed by atoms with Gasteiger partial charge in [0.15, 0.2) is 0 Å². The Morgan fingerprint density at radius 3 is 2.67 bits per heavy atom. The first-order chi connectivity index (χ1) is 8.88. The normalized spacial score (nSPS) is 16.5. The van der Waals surface area contributed by atoms with Gasteiger partial charge >= 0.3 is 0 Å². The minimum absolute atomic E-state index is 0.310. The Morgan fingerprint density at radius 1 is 1.22 bits per heavy atom. The van der Waals surface area contributed by atoms with Gasteiger partial charge in [0, 0.05) is 12.6 Å². The van der Waals surface area contributed by atoms with Gasteiger partial charge in [0.25, 0.3) is 0 Å². The van der Waals surface area contributed by atoms with Crippen LogP contribution in [-0.2, 0) is 4.74 Å². The predicted octanol–water partition coefficient (Wildman–Crippen LogP) is 2.61. The molecular weight excluding hydrogens is 226 g/mol. The van der Waals surface area contributed by atoms with E-state index in [0.29, 0.717) is 19.3 Å². The van der Waals surface area contributed by atoms with Gasteiger partial charge in [0.1, 0.15) is 12.4 Å². The van der Waals surface area contributed by atoms with Crippen LogP contribution in [0.2, 0.25) is 0 Å². The van der Waals surface area contributed by atoms with Gasteiger partial charge in [-0.2, -0.15) is 0 Å². The van der Waals surface area contributed by atoms with E-state index in [1.807, 2.05) is 30.3 Å². The van der Waals surface area contributed by atoms with Gasteiger partial charge in [-0.3, -0.25) is 0 Å². The molecule has 0 bridgehead atoms. The minimum atomic E-state index is 0.310. The molecule has 1 N–H and O–H groups in total. The lowest BCUT2D eigenvalue weighted by atomic mass is 10.3. The van der Waals surface area contributed by atoms with Crippen LogP contribution in [0.1, 0.15) is 26.2 Å². The van der Waals surface area contributed by atoms with Crippen molar-refractivity contribution in [2.75, 3.05) is 19.8 Å². The summed E-state index contributed by atoms with van der Waals surface area (Å²) < 4.78 is 11.4. The first-order valence-electron chi connectivity index (χ1n) is 6.91. The summed E-state index contributed by atoms with van der Waals surface area (Å²) in [6.07, 6.45) is 4.01. The van der Waals surface area contributed by atoms with E-state index < -0.39 is 0 Å². The maximum absolute atomic E-state index is 5.80. The molecule has 1 atom stereocenters. The summed E-state index contributed by atoms with van der Waals surface area (Å²) in [4.78, 5) is 0. The Balaban J connectivity index is 1.55. The summed E-state index contributed by atoms with van der Waals surface area (Å²) >= 11 is 0. The van der Waals surface area contributed by atoms with E-state index in [1.54, 1.807) is 0 Å². The number of hydrogen-bond acceptors (Lipinski definition) is 3. The standard InChI is InChI=1S/C15H23NO2/c1-2-14(12-16-13-8-9-13)17-10-11-18-15-6-4-3-5-7-15/h3-7,13-14,16H,2,8-12H2,1H3. The number of ether oxygens (including phenoxy) is 2. The topological polar surface area (TPSA) is 30.5 Å². The van der Waals surface area contributed by atoms with Crippen molar-refractivity contribution >= 4 is 0 Å². The van der Waals surface area contributed by atoms with Crippen molar-refractivity contribution in [3.05, 3.63) is 30.3 Å². The Hall–Kier alpha value is -1.06. The quantitative estimate of drug-likeness (QED) is 0.682. The Morgan fingerprint density at radius 2 is 2.00 bits per heavy atom. The molecule has 0 spiro atoms. The van der Waals surface area contributed by atoms with E-state index in [-0.39, 0.29) is 0 Å². The highest BCUT2D eigenvalue weighted by atomic mass is 16.5. The molecule has 0 amide bonds. The molecular formula is C15H23NO2. The zero-order valence-electron chi connectivity index (χ0n) is 11.1. The lowest BCUT2D eigenvalue weighted by molar-refractivity contribution is 0.0318. The summed E-state index contributed by atoms with van der Waals surface area (Å²) in [5.41, 5.74) is 0. The van der Waals surface area contributed by atoms with Gasteiger partial charge in [-0.05, 0) is 31.4 Å². The summed E-state index contributed by atoms with van der Waals surface area (Å²) in [5.74, 6) is 0.908. The van der Waals surface area contributed by atoms with E-state index in [4.69, 9.17) is 9.47 Å². The summed E-state index contributed by atoms with van der Waals surface area (Å²) in [7, 11) is 0. The van der Waals surface area contributed by atoms with Crippen LogP contribution in [0.3, 0.4) is 0 Å². The van der Waals surface area contributed by atoms with E-state index in [9.17, 15) is 0 Å². The van der Waals surface area contributed by atoms with Crippen LogP contribution in [0.4, 0.5) is 0 Å². The average Bonchev–Trinajstić information content (AvgIpc) is 3.23. The molecule has 2 rings (SSSR count). The minimum Gasteiger partial charge on any atom is -0.491 e. The van der Waals surface area contributed by atoms with E-state index >= 15 is 0 Å². The molecule has 0 aromatic heterocycles. The van der Waals surface area contributed by atoms with Crippen molar-refractivity contribution in [3.8, 4) is 5.75 Å². The monoisotopic (exact) mass is 249 g/mol. The summed E-state index contributed by atoms with van der Waals surface area (Å²) in [5, 5.41) is 3.50. The van der Waals surface area contributed by atoms with Crippen molar-refractivity contribution in [3.63, 3.8) is 0 Å². The molecule has 3 nitrogen and oxygen atoms in total. The lowest BCUT2D eigenvalue weighted by Crippen LogP contribution is -2.31. The summed E-state index contributed by atoms with van der Waals surface area (Å²) in [6.45, 7) is 4.40. The van der Waals surface area contributed by atoms with Gasteiger partial charge in [0.05, 0.1) is 12.7 Å². The number of nitrogens with one attached hydrogen (secondary N) is 1. The first kappa shape index (κ1) is 13.4. The second kappa shape index (κ2) is 7.39. The van der Waals surface area contributed by atoms with Gasteiger partial charge in [-0.25, -0.2) is 0 Å². The van der Waals surface area contributed by atoms with Crippen LogP contribution in [0, 0.1) is 0 Å². The molecule has 1 aliphatic carbocycles. The largest absolute Gasteiger partial charge is 0.491 e. The van der Waals surface area contributed by atoms with Gasteiger partial charge in [-0.1, -0.05) is 25.1 Å². The molecule has 1 saturated carbocycles. The molecule has 1 aromatic rings. The molecule has 3 heteroatoms. The molecule has 1 fully saturated rings. The average molecular weight is 249 g/mol. The van der Waals surface area contributed by atoms with Crippen LogP contribution < -0.4 is 10.1 Å². The first-order valence-corrected chi connectivity index (χ1v) is 6.91. The number of para-hydroxylation sites is 1. The molecule has 1 aromatic carbocycles. The number of benzene rings is 1. The highest BCUT2D eigenvalue weighted by molar-refractivity contribution is 5.20. The molecule has 0 radical (unpaired) electrons. The zero-order valence-corrected chi connectivity index (χ0v) is 11.1. The number of hydrogen-bond donors (Lipinski definition) is 1. The van der Waals surface area contributed by atoms with Crippen molar-refractivity contribution in [1.82, 2.24) is 5.32 Å². The Kier molecular flexibility index (Phi) is 5.49. The third kappa shape index (κ3) is 5.07. The molecule has 1 unspecified atom stereocenters. The van der Waals surface area contributed by atoms with Crippen molar-refractivity contribution in [2.45, 2.75) is 38.3 Å². The molecule has 1 aliphatic rings. The zero-order chi connectivity index (χ0) is 12.6. The third-order valence-corrected chi connectivity index (χ3v) is 3.12. The van der Waals surface area contributed by atoms with Crippen LogP contribution in [0.25, 0.3) is 0 Å². The molecule has 0 heterocycles. The van der Waals surface area contributed by atoms with Crippen LogP contribution in [0.15, 0.2) is 30.3 Å². The van der Waals surface area contributed by atoms with Gasteiger partial charge in [0.2, 0.25) is 0 Å². The Labute approximate surface area is 109 Å². The summed E-state index contributed by atoms with van der Waals surface area (Å²) in [6, 6.07) is 10.6. The smallest absolute Gasteiger partial charge is 0.119 e. The van der Waals surface area contributed by atoms with Crippen LogP contribution in [0.5, 0.6) is 5.75 Å².